The second-order valence-corrected chi connectivity index (χ2v) is 21.7. The Morgan fingerprint density at radius 3 is 2.43 bits per heavy atom. The molecule has 74 heavy (non-hydrogen) atoms. The number of benzene rings is 2. The van der Waals surface area contributed by atoms with E-state index in [4.69, 9.17) is 5.73 Å². The molecule has 6 heterocycles. The lowest BCUT2D eigenvalue weighted by molar-refractivity contribution is -0.146. The number of aryl methyl sites for hydroxylation is 2. The monoisotopic (exact) mass is 1030 g/mol. The molecule has 8 N–H and O–H groups in total. The summed E-state index contributed by atoms with van der Waals surface area (Å²) in [5, 5.41) is 8.92. The quantitative estimate of drug-likeness (QED) is 0.0738. The van der Waals surface area contributed by atoms with Crippen LogP contribution in [0, 0.1) is 11.8 Å². The fourth-order valence-corrected chi connectivity index (χ4v) is 11.8. The molecule has 5 aromatic rings. The number of H-pyrrole nitrogens is 1. The van der Waals surface area contributed by atoms with E-state index < -0.39 is 67.0 Å². The number of nitrogens with zero attached hydrogens (tertiary/aromatic N) is 5. The highest BCUT2D eigenvalue weighted by Gasteiger charge is 2.46. The van der Waals surface area contributed by atoms with Crippen LogP contribution in [0.25, 0.3) is 21.9 Å². The van der Waals surface area contributed by atoms with Crippen LogP contribution in [0.2, 0.25) is 0 Å². The highest BCUT2D eigenvalue weighted by Crippen LogP contribution is 2.40. The topological polar surface area (TPSA) is 301 Å². The molecule has 4 aliphatic rings. The first-order valence-electron chi connectivity index (χ1n) is 25.2. The van der Waals surface area contributed by atoms with Gasteiger partial charge in [-0.15, -0.1) is 0 Å². The lowest BCUT2D eigenvalue weighted by Crippen LogP contribution is -2.61. The van der Waals surface area contributed by atoms with Crippen LogP contribution in [0.3, 0.4) is 0 Å². The maximum absolute atomic E-state index is 15.0. The van der Waals surface area contributed by atoms with Gasteiger partial charge in [-0.3, -0.25) is 52.2 Å². The Kier molecular flexibility index (Phi) is 14.9. The van der Waals surface area contributed by atoms with Crippen molar-refractivity contribution in [3.63, 3.8) is 0 Å². The molecule has 5 atom stereocenters. The fraction of sp³-hybridized carbons (Fsp3) is 0.442. The summed E-state index contributed by atoms with van der Waals surface area (Å²) in [7, 11) is -3.38. The number of nitrogens with two attached hydrogens (primary N) is 1. The molecule has 2 aromatic carbocycles. The highest BCUT2D eigenvalue weighted by atomic mass is 31.2. The number of aromatic nitrogens is 4. The Labute approximate surface area is 425 Å². The molecule has 9 rings (SSSR count). The van der Waals surface area contributed by atoms with Gasteiger partial charge in [0.2, 0.25) is 29.5 Å². The maximum atomic E-state index is 15.0. The number of hydrogen-bond acceptors (Lipinski definition) is 10. The normalized spacial score (nSPS) is 22.9. The van der Waals surface area contributed by atoms with Gasteiger partial charge < -0.3 is 46.3 Å². The number of fused-ring (bicyclic) bond motifs is 3. The van der Waals surface area contributed by atoms with Crippen LogP contribution in [-0.2, 0) is 42.0 Å². The van der Waals surface area contributed by atoms with Crippen molar-refractivity contribution >= 4 is 70.5 Å². The Morgan fingerprint density at radius 2 is 1.72 bits per heavy atom. The third-order valence-electron chi connectivity index (χ3n) is 15.4. The minimum absolute atomic E-state index is 0.0190. The molecular formula is C52H61N10O11P. The summed E-state index contributed by atoms with van der Waals surface area (Å²) in [5.74, 6) is -2.64. The number of carbonyl (C=O) groups is 7. The van der Waals surface area contributed by atoms with E-state index in [-0.39, 0.29) is 60.6 Å². The SMILES string of the molecule is C=C1CCC(n2c(=O)n(C)c3cc(CCC4CCC(C(=O)N5CC[C@H]6CC[C@@H](C(=O)N[C@@H](CCC(N)=O)c7ccccn7)N6C(=O)[C@@H](NC(=O)c6cc7cc(C(=O)P(=O)(O)O)ccc7[nH]6)C5)CC4)ccc32)C(=O)N1. The fourth-order valence-electron chi connectivity index (χ4n) is 11.4. The van der Waals surface area contributed by atoms with Crippen LogP contribution in [0.4, 0.5) is 0 Å². The van der Waals surface area contributed by atoms with E-state index in [1.165, 1.54) is 29.2 Å². The van der Waals surface area contributed by atoms with Crippen LogP contribution in [-0.4, -0.2) is 111 Å². The van der Waals surface area contributed by atoms with E-state index in [9.17, 15) is 52.7 Å². The second kappa shape index (κ2) is 21.3. The van der Waals surface area contributed by atoms with Crippen molar-refractivity contribution in [2.24, 2.45) is 24.6 Å². The predicted octanol–water partition coefficient (Wildman–Crippen LogP) is 3.75. The molecule has 0 radical (unpaired) electrons. The van der Waals surface area contributed by atoms with Crippen LogP contribution in [0.1, 0.15) is 121 Å². The summed E-state index contributed by atoms with van der Waals surface area (Å²) in [6, 6.07) is 12.4. The number of amides is 6. The van der Waals surface area contributed by atoms with Crippen LogP contribution >= 0.6 is 7.60 Å². The second-order valence-electron chi connectivity index (χ2n) is 20.2. The molecule has 3 aliphatic heterocycles. The number of piperidine rings is 1. The Balaban J connectivity index is 0.895. The van der Waals surface area contributed by atoms with Gasteiger partial charge in [-0.1, -0.05) is 18.7 Å². The van der Waals surface area contributed by atoms with Crippen molar-refractivity contribution in [3.8, 4) is 0 Å². The van der Waals surface area contributed by atoms with Gasteiger partial charge in [0.05, 0.1) is 22.8 Å². The summed E-state index contributed by atoms with van der Waals surface area (Å²) >= 11 is 0. The van der Waals surface area contributed by atoms with Crippen molar-refractivity contribution in [2.45, 2.75) is 114 Å². The third-order valence-corrected chi connectivity index (χ3v) is 16.1. The molecule has 21 nitrogen and oxygen atoms in total. The van der Waals surface area contributed by atoms with Crippen LogP contribution < -0.4 is 27.4 Å². The molecule has 22 heteroatoms. The number of hydrogen-bond donors (Lipinski definition) is 7. The molecule has 3 saturated heterocycles. The number of rotatable bonds is 15. The number of nitrogens with one attached hydrogen (secondary N) is 4. The van der Waals surface area contributed by atoms with Gasteiger partial charge in [0.1, 0.15) is 23.8 Å². The number of aromatic amines is 1. The van der Waals surface area contributed by atoms with Gasteiger partial charge in [-0.25, -0.2) is 4.79 Å². The summed E-state index contributed by atoms with van der Waals surface area (Å²) in [4.78, 5) is 138. The lowest BCUT2D eigenvalue weighted by Gasteiger charge is -2.40. The third kappa shape index (κ3) is 10.9. The molecule has 3 aromatic heterocycles. The summed E-state index contributed by atoms with van der Waals surface area (Å²) in [6.07, 6.45) is 8.45. The Bertz CT molecular complexity index is 3170. The number of pyridine rings is 1. The van der Waals surface area contributed by atoms with E-state index >= 15 is 0 Å². The van der Waals surface area contributed by atoms with E-state index in [2.05, 4.69) is 32.5 Å². The molecule has 1 aliphatic carbocycles. The Morgan fingerprint density at radius 1 is 0.932 bits per heavy atom. The van der Waals surface area contributed by atoms with Crippen molar-refractivity contribution in [3.05, 3.63) is 112 Å². The zero-order valence-corrected chi connectivity index (χ0v) is 41.9. The van der Waals surface area contributed by atoms with Gasteiger partial charge in [0.25, 0.3) is 11.4 Å². The van der Waals surface area contributed by atoms with Crippen molar-refractivity contribution in [1.29, 1.82) is 0 Å². The number of carbonyl (C=O) groups excluding carboxylic acids is 7. The van der Waals surface area contributed by atoms with Gasteiger partial charge in [-0.2, -0.15) is 0 Å². The lowest BCUT2D eigenvalue weighted by atomic mass is 9.79. The molecular weight excluding hydrogens is 972 g/mol. The molecule has 4 fully saturated rings. The predicted molar refractivity (Wildman–Crippen MR) is 271 cm³/mol. The molecule has 0 spiro atoms. The maximum Gasteiger partial charge on any atom is 0.396 e. The minimum atomic E-state index is -5.09. The van der Waals surface area contributed by atoms with Crippen LogP contribution in [0.15, 0.2) is 83.9 Å². The van der Waals surface area contributed by atoms with Crippen molar-refractivity contribution in [1.82, 2.24) is 44.9 Å². The van der Waals surface area contributed by atoms with Crippen molar-refractivity contribution < 1.29 is 47.9 Å². The summed E-state index contributed by atoms with van der Waals surface area (Å²) < 4.78 is 14.9. The van der Waals surface area contributed by atoms with Crippen molar-refractivity contribution in [2.75, 3.05) is 13.1 Å². The van der Waals surface area contributed by atoms with E-state index in [0.29, 0.717) is 78.7 Å². The summed E-state index contributed by atoms with van der Waals surface area (Å²) in [6.45, 7) is 3.94. The van der Waals surface area contributed by atoms with Gasteiger partial charge in [0, 0.05) is 66.9 Å². The molecule has 1 saturated carbocycles. The van der Waals surface area contributed by atoms with Gasteiger partial charge in [0.15, 0.2) is 0 Å². The standard InChI is InChI=1S/C52H61N10O11P/c1-29-6-18-43(47(65)55-29)62-41-19-11-31(25-44(41)59(2)52(62)70)8-7-30-9-12-32(13-10-30)49(67)60-24-22-35-15-20-42(48(66)57-38(17-21-45(53)63)37-5-3-4-23-54-37)61(35)50(68)40(28-60)58-46(64)39-27-34-26-33(14-16-36(34)56-39)51(69)74(71,72)73/h3-5,11,14,16,19,23,25-27,30,32,35,38,40,42-43,56H,1,6-10,12-13,15,17-18,20-22,24,28H2,2H3,(H2,53,63)(H,55,65)(H,57,66)(H,58,64)(H2,71,72,73)/t30?,32?,35-,38+,40+,42+,43?/m1/s1. The average Bonchev–Trinajstić information content (AvgIpc) is 4.08. The zero-order valence-electron chi connectivity index (χ0n) is 41.0. The zero-order chi connectivity index (χ0) is 52.6. The smallest absolute Gasteiger partial charge is 0.370 e. The molecule has 6 amide bonds. The largest absolute Gasteiger partial charge is 0.396 e. The highest BCUT2D eigenvalue weighted by molar-refractivity contribution is 7.70. The molecule has 1 unspecified atom stereocenters. The number of imidazole rings is 1. The minimum Gasteiger partial charge on any atom is -0.370 e. The first kappa shape index (κ1) is 51.7. The molecule has 0 bridgehead atoms. The van der Waals surface area contributed by atoms with E-state index in [1.807, 2.05) is 18.2 Å². The first-order chi connectivity index (χ1) is 35.3. The van der Waals surface area contributed by atoms with Gasteiger partial charge >= 0.3 is 13.3 Å². The van der Waals surface area contributed by atoms with E-state index in [0.717, 1.165) is 36.8 Å². The van der Waals surface area contributed by atoms with Gasteiger partial charge in [-0.05, 0) is 137 Å². The average molecular weight is 1030 g/mol. The Hall–Kier alpha value is -7.22. The number of allylic oxidation sites excluding steroid dienone is 1. The van der Waals surface area contributed by atoms with Crippen LogP contribution in [0.5, 0.6) is 0 Å². The van der Waals surface area contributed by atoms with E-state index in [1.54, 1.807) is 45.5 Å². The first-order valence-corrected chi connectivity index (χ1v) is 26.8. The molecule has 390 valence electrons. The number of primary amides is 1. The summed E-state index contributed by atoms with van der Waals surface area (Å²) in [5.41, 5.74) is 7.62.